The van der Waals surface area contributed by atoms with E-state index in [1.54, 1.807) is 25.7 Å². The average molecular weight is 266 g/mol. The van der Waals surface area contributed by atoms with Gasteiger partial charge in [-0.05, 0) is 41.0 Å². The third-order valence-corrected chi connectivity index (χ3v) is 3.07. The number of rotatable bonds is 2. The number of hydrogen-bond acceptors (Lipinski definition) is 3. The van der Waals surface area contributed by atoms with E-state index in [0.29, 0.717) is 13.0 Å². The molecule has 0 aromatic carbocycles. The zero-order valence-electron chi connectivity index (χ0n) is 12.2. The van der Waals surface area contributed by atoms with Gasteiger partial charge in [0.25, 0.3) is 0 Å². The normalized spacial score (nSPS) is 20.0. The van der Waals surface area contributed by atoms with E-state index >= 15 is 0 Å². The minimum Gasteiger partial charge on any atom is -0.530 e. The monoisotopic (exact) mass is 266 g/mol. The number of amides is 2. The van der Waals surface area contributed by atoms with Crippen LogP contribution >= 0.6 is 0 Å². The third-order valence-electron chi connectivity index (χ3n) is 3.07. The van der Waals surface area contributed by atoms with Crippen LogP contribution in [0.2, 0.25) is 0 Å². The predicted molar refractivity (Wildman–Crippen MR) is 64.4 cm³/mol. The van der Waals surface area contributed by atoms with Crippen molar-refractivity contribution in [2.24, 2.45) is 0 Å². The van der Waals surface area contributed by atoms with Crippen molar-refractivity contribution in [2.45, 2.75) is 58.7 Å². The summed E-state index contributed by atoms with van der Waals surface area (Å²) in [5.74, 6) is -0.112. The molecule has 1 rings (SSSR count). The summed E-state index contributed by atoms with van der Waals surface area (Å²) in [5, 5.41) is 11.2. The van der Waals surface area contributed by atoms with Crippen LogP contribution in [-0.4, -0.2) is 46.0 Å². The molecule has 0 saturated carbocycles. The number of likely N-dealkylation sites (tertiary alicyclic amines) is 1. The van der Waals surface area contributed by atoms with Crippen LogP contribution in [0.25, 0.3) is 0 Å². The Kier molecular flexibility index (Phi) is 6.17. The van der Waals surface area contributed by atoms with Crippen molar-refractivity contribution in [1.82, 2.24) is 9.80 Å². The van der Waals surface area contributed by atoms with Crippen LogP contribution in [0.15, 0.2) is 0 Å². The second-order valence-corrected chi connectivity index (χ2v) is 5.74. The van der Waals surface area contributed by atoms with E-state index in [-0.39, 0.29) is 42.9 Å². The molecule has 0 bridgehead atoms. The molecule has 1 aliphatic heterocycles. The van der Waals surface area contributed by atoms with E-state index in [4.69, 9.17) is 0 Å². The van der Waals surface area contributed by atoms with Crippen molar-refractivity contribution in [2.75, 3.05) is 6.54 Å². The maximum atomic E-state index is 12.1. The molecule has 0 radical (unpaired) electrons. The van der Waals surface area contributed by atoms with Crippen molar-refractivity contribution in [3.63, 3.8) is 0 Å². The molecule has 2 amide bonds. The Balaban J connectivity index is 0. The van der Waals surface area contributed by atoms with Crippen molar-refractivity contribution in [3.8, 4) is 0 Å². The number of carbonyl (C=O) groups is 2. The van der Waals surface area contributed by atoms with Crippen LogP contribution < -0.4 is 34.7 Å². The summed E-state index contributed by atoms with van der Waals surface area (Å²) < 4.78 is 0. The average Bonchev–Trinajstić information content (AvgIpc) is 2.45. The fourth-order valence-electron chi connectivity index (χ4n) is 2.31. The molecular formula is C12H23N2NaO3. The van der Waals surface area contributed by atoms with Gasteiger partial charge < -0.3 is 19.7 Å². The zero-order valence-corrected chi connectivity index (χ0v) is 14.2. The van der Waals surface area contributed by atoms with Crippen molar-refractivity contribution in [1.29, 1.82) is 0 Å². The maximum absolute atomic E-state index is 12.1. The van der Waals surface area contributed by atoms with Crippen LogP contribution in [0, 0.1) is 0 Å². The molecule has 0 spiro atoms. The van der Waals surface area contributed by atoms with Crippen molar-refractivity contribution < 1.29 is 45.7 Å². The van der Waals surface area contributed by atoms with Gasteiger partial charge in [-0.3, -0.25) is 4.79 Å². The summed E-state index contributed by atoms with van der Waals surface area (Å²) in [5.41, 5.74) is -0.619. The van der Waals surface area contributed by atoms with Gasteiger partial charge in [-0.2, -0.15) is 0 Å². The first-order chi connectivity index (χ1) is 7.66. The molecule has 0 aromatic heterocycles. The third kappa shape index (κ3) is 3.62. The summed E-state index contributed by atoms with van der Waals surface area (Å²) in [6.07, 6.45) is -0.733. The van der Waals surface area contributed by atoms with E-state index < -0.39 is 17.7 Å². The summed E-state index contributed by atoms with van der Waals surface area (Å²) in [4.78, 5) is 26.2. The van der Waals surface area contributed by atoms with Crippen LogP contribution in [-0.2, 0) is 4.79 Å². The van der Waals surface area contributed by atoms with Crippen LogP contribution in [0.4, 0.5) is 4.79 Å². The molecule has 0 aliphatic carbocycles. The van der Waals surface area contributed by atoms with E-state index in [0.717, 1.165) is 4.90 Å². The van der Waals surface area contributed by atoms with Gasteiger partial charge in [0.05, 0.1) is 0 Å². The SMILES string of the molecule is CC(C)N1CC[C@H](N(C(=O)[O-])C(C)(C)C)C1=O.[HH].[Na+]. The smallest absolute Gasteiger partial charge is 0.530 e. The topological polar surface area (TPSA) is 63.7 Å². The summed E-state index contributed by atoms with van der Waals surface area (Å²) in [6, 6.07) is -0.488. The van der Waals surface area contributed by atoms with E-state index in [2.05, 4.69) is 0 Å². The zero-order chi connectivity index (χ0) is 13.4. The van der Waals surface area contributed by atoms with Gasteiger partial charge in [0.15, 0.2) is 0 Å². The Hall–Kier alpha value is -0.260. The second kappa shape index (κ2) is 6.26. The Labute approximate surface area is 132 Å². The molecule has 1 saturated heterocycles. The fraction of sp³-hybridized carbons (Fsp3) is 0.833. The second-order valence-electron chi connectivity index (χ2n) is 5.74. The molecule has 0 aromatic rings. The first kappa shape index (κ1) is 17.7. The molecule has 6 heteroatoms. The quantitative estimate of drug-likeness (QED) is 0.528. The van der Waals surface area contributed by atoms with Gasteiger partial charge in [-0.25, -0.2) is 0 Å². The molecule has 1 aliphatic rings. The summed E-state index contributed by atoms with van der Waals surface area (Å²) >= 11 is 0. The molecular weight excluding hydrogens is 243 g/mol. The molecule has 100 valence electrons. The molecule has 0 unspecified atom stereocenters. The minimum absolute atomic E-state index is 0. The molecule has 1 atom stereocenters. The summed E-state index contributed by atoms with van der Waals surface area (Å²) in [7, 11) is 0. The van der Waals surface area contributed by atoms with Gasteiger partial charge in [0.2, 0.25) is 5.91 Å². The Morgan fingerprint density at radius 3 is 2.28 bits per heavy atom. The maximum Gasteiger partial charge on any atom is 1.00 e. The van der Waals surface area contributed by atoms with E-state index in [1.807, 2.05) is 13.8 Å². The molecule has 0 N–H and O–H groups in total. The minimum atomic E-state index is -1.28. The predicted octanol–water partition coefficient (Wildman–Crippen LogP) is -2.31. The fourth-order valence-corrected chi connectivity index (χ4v) is 2.31. The molecule has 5 nitrogen and oxygen atoms in total. The number of carbonyl (C=O) groups excluding carboxylic acids is 2. The first-order valence-corrected chi connectivity index (χ1v) is 5.97. The van der Waals surface area contributed by atoms with Gasteiger partial charge in [0, 0.05) is 19.6 Å². The van der Waals surface area contributed by atoms with Gasteiger partial charge in [-0.1, -0.05) is 0 Å². The van der Waals surface area contributed by atoms with Crippen molar-refractivity contribution in [3.05, 3.63) is 0 Å². The van der Waals surface area contributed by atoms with Crippen LogP contribution in [0.5, 0.6) is 0 Å². The van der Waals surface area contributed by atoms with Crippen molar-refractivity contribution >= 4 is 12.0 Å². The van der Waals surface area contributed by atoms with E-state index in [1.165, 1.54) is 0 Å². The van der Waals surface area contributed by atoms with Gasteiger partial charge in [0.1, 0.15) is 12.1 Å². The Bertz CT molecular complexity index is 331. The number of hydrogen-bond donors (Lipinski definition) is 0. The molecule has 1 fully saturated rings. The van der Waals surface area contributed by atoms with Gasteiger partial charge >= 0.3 is 29.6 Å². The number of carboxylic acid groups (broad SMARTS) is 1. The van der Waals surface area contributed by atoms with E-state index in [9.17, 15) is 14.7 Å². The number of nitrogens with zero attached hydrogens (tertiary/aromatic N) is 2. The summed E-state index contributed by atoms with van der Waals surface area (Å²) in [6.45, 7) is 9.79. The molecule has 18 heavy (non-hydrogen) atoms. The van der Waals surface area contributed by atoms with Gasteiger partial charge in [-0.15, -0.1) is 0 Å². The van der Waals surface area contributed by atoms with Crippen LogP contribution in [0.3, 0.4) is 0 Å². The largest absolute Gasteiger partial charge is 1.00 e. The first-order valence-electron chi connectivity index (χ1n) is 5.97. The Morgan fingerprint density at radius 2 is 2.00 bits per heavy atom. The standard InChI is InChI=1S/C12H22N2O3.Na.H2/c1-8(2)13-7-6-9(10(13)15)14(11(16)17)12(3,4)5;;/h8-9H,6-7H2,1-5H3,(H,16,17);;1H/q;+1;/p-1/t9-;;/m0../s1. The van der Waals surface area contributed by atoms with Crippen LogP contribution in [0.1, 0.15) is 42.5 Å². The Morgan fingerprint density at radius 1 is 1.50 bits per heavy atom. The molecule has 1 heterocycles.